The van der Waals surface area contributed by atoms with E-state index < -0.39 is 0 Å². The van der Waals surface area contributed by atoms with Crippen LogP contribution in [0.2, 0.25) is 0 Å². The molecule has 0 saturated carbocycles. The van der Waals surface area contributed by atoms with Crippen molar-refractivity contribution in [3.63, 3.8) is 0 Å². The number of rotatable bonds is 4. The summed E-state index contributed by atoms with van der Waals surface area (Å²) in [6.07, 6.45) is 0.685. The molecule has 2 aromatic carbocycles. The lowest BCUT2D eigenvalue weighted by Gasteiger charge is -2.17. The summed E-state index contributed by atoms with van der Waals surface area (Å²) in [4.78, 5) is 10.7. The van der Waals surface area contributed by atoms with E-state index in [1.807, 2.05) is 30.3 Å². The Hall–Kier alpha value is -2.29. The molecule has 3 heteroatoms. The molecular formula is C14H13NO2. The minimum absolute atomic E-state index is 0.186. The summed E-state index contributed by atoms with van der Waals surface area (Å²) in [5.41, 5.74) is 1.94. The minimum atomic E-state index is -0.186. The average molecular weight is 227 g/mol. The first-order valence-corrected chi connectivity index (χ1v) is 5.35. The van der Waals surface area contributed by atoms with E-state index in [1.54, 1.807) is 24.3 Å². The Morgan fingerprint density at radius 1 is 0.941 bits per heavy atom. The summed E-state index contributed by atoms with van der Waals surface area (Å²) >= 11 is 0. The normalized spacial score (nSPS) is 11.8. The molecule has 86 valence electrons. The summed E-state index contributed by atoms with van der Waals surface area (Å²) in [6, 6.07) is 16.3. The predicted octanol–water partition coefficient (Wildman–Crippen LogP) is 2.23. The zero-order valence-electron chi connectivity index (χ0n) is 9.21. The van der Waals surface area contributed by atoms with Gasteiger partial charge in [-0.3, -0.25) is 4.79 Å². The van der Waals surface area contributed by atoms with Crippen molar-refractivity contribution < 1.29 is 9.90 Å². The Bertz CT molecular complexity index is 479. The molecule has 0 aliphatic heterocycles. The van der Waals surface area contributed by atoms with Crippen LogP contribution in [0.25, 0.3) is 0 Å². The van der Waals surface area contributed by atoms with Crippen molar-refractivity contribution in [3.8, 4) is 5.75 Å². The third-order valence-corrected chi connectivity index (χ3v) is 2.59. The van der Waals surface area contributed by atoms with E-state index in [4.69, 9.17) is 0 Å². The number of hydrogen-bond donors (Lipinski definition) is 2. The van der Waals surface area contributed by atoms with Crippen LogP contribution in [0.5, 0.6) is 5.75 Å². The van der Waals surface area contributed by atoms with Crippen LogP contribution in [0.4, 0.5) is 0 Å². The largest absolute Gasteiger partial charge is 0.508 e. The van der Waals surface area contributed by atoms with Crippen LogP contribution in [-0.2, 0) is 4.79 Å². The number of carbonyl (C=O) groups is 1. The maximum Gasteiger partial charge on any atom is 0.207 e. The number of benzene rings is 2. The zero-order valence-corrected chi connectivity index (χ0v) is 9.21. The van der Waals surface area contributed by atoms with Gasteiger partial charge in [0.05, 0.1) is 6.04 Å². The molecule has 1 unspecified atom stereocenters. The van der Waals surface area contributed by atoms with E-state index in [1.165, 1.54) is 0 Å². The van der Waals surface area contributed by atoms with Gasteiger partial charge in [0.15, 0.2) is 0 Å². The molecule has 0 aromatic heterocycles. The Morgan fingerprint density at radius 3 is 2.12 bits per heavy atom. The van der Waals surface area contributed by atoms with Gasteiger partial charge in [0.25, 0.3) is 0 Å². The van der Waals surface area contributed by atoms with Crippen LogP contribution < -0.4 is 5.32 Å². The van der Waals surface area contributed by atoms with Gasteiger partial charge in [-0.25, -0.2) is 0 Å². The Morgan fingerprint density at radius 2 is 1.53 bits per heavy atom. The molecule has 17 heavy (non-hydrogen) atoms. The van der Waals surface area contributed by atoms with Crippen LogP contribution >= 0.6 is 0 Å². The summed E-state index contributed by atoms with van der Waals surface area (Å²) < 4.78 is 0. The van der Waals surface area contributed by atoms with Crippen molar-refractivity contribution in [1.29, 1.82) is 0 Å². The van der Waals surface area contributed by atoms with Crippen LogP contribution in [-0.4, -0.2) is 11.5 Å². The Labute approximate surface area is 99.7 Å². The molecule has 0 heterocycles. The standard InChI is InChI=1S/C14H13NO2/c16-10-15-14(11-4-2-1-3-5-11)12-6-8-13(17)9-7-12/h1-10,14,17H,(H,15,16). The number of nitrogens with one attached hydrogen (secondary N) is 1. The van der Waals surface area contributed by atoms with Gasteiger partial charge in [-0.15, -0.1) is 0 Å². The predicted molar refractivity (Wildman–Crippen MR) is 65.6 cm³/mol. The molecule has 0 aliphatic rings. The number of carbonyl (C=O) groups excluding carboxylic acids is 1. The number of aromatic hydroxyl groups is 1. The number of amides is 1. The Kier molecular flexibility index (Phi) is 3.40. The molecule has 0 saturated heterocycles. The average Bonchev–Trinajstić information content (AvgIpc) is 2.38. The van der Waals surface area contributed by atoms with E-state index in [9.17, 15) is 9.90 Å². The van der Waals surface area contributed by atoms with Crippen molar-refractivity contribution in [2.75, 3.05) is 0 Å². The lowest BCUT2D eigenvalue weighted by molar-refractivity contribution is -0.110. The van der Waals surface area contributed by atoms with Crippen molar-refractivity contribution in [2.45, 2.75) is 6.04 Å². The maximum absolute atomic E-state index is 10.7. The second kappa shape index (κ2) is 5.16. The second-order valence-electron chi connectivity index (χ2n) is 3.72. The number of hydrogen-bond acceptors (Lipinski definition) is 2. The highest BCUT2D eigenvalue weighted by atomic mass is 16.3. The lowest BCUT2D eigenvalue weighted by atomic mass is 9.99. The minimum Gasteiger partial charge on any atom is -0.508 e. The van der Waals surface area contributed by atoms with Gasteiger partial charge in [-0.2, -0.15) is 0 Å². The molecule has 1 atom stereocenters. The highest BCUT2D eigenvalue weighted by Gasteiger charge is 2.12. The van der Waals surface area contributed by atoms with Gasteiger partial charge in [-0.05, 0) is 23.3 Å². The quantitative estimate of drug-likeness (QED) is 0.787. The molecule has 0 radical (unpaired) electrons. The van der Waals surface area contributed by atoms with Gasteiger partial charge in [0.1, 0.15) is 5.75 Å². The molecule has 2 aromatic rings. The molecule has 1 amide bonds. The van der Waals surface area contributed by atoms with Crippen LogP contribution in [0.3, 0.4) is 0 Å². The van der Waals surface area contributed by atoms with Crippen molar-refractivity contribution in [2.24, 2.45) is 0 Å². The van der Waals surface area contributed by atoms with Gasteiger partial charge in [0, 0.05) is 0 Å². The molecule has 0 fully saturated rings. The smallest absolute Gasteiger partial charge is 0.207 e. The SMILES string of the molecule is O=CNC(c1ccccc1)c1ccc(O)cc1. The molecule has 2 rings (SSSR count). The maximum atomic E-state index is 10.7. The zero-order chi connectivity index (χ0) is 12.1. The van der Waals surface area contributed by atoms with Crippen LogP contribution in [0.15, 0.2) is 54.6 Å². The first kappa shape index (κ1) is 11.2. The Balaban J connectivity index is 2.35. The molecule has 0 bridgehead atoms. The molecule has 3 nitrogen and oxygen atoms in total. The number of phenolic OH excluding ortho intramolecular Hbond substituents is 1. The third-order valence-electron chi connectivity index (χ3n) is 2.59. The van der Waals surface area contributed by atoms with E-state index in [-0.39, 0.29) is 11.8 Å². The van der Waals surface area contributed by atoms with Gasteiger partial charge in [-0.1, -0.05) is 42.5 Å². The van der Waals surface area contributed by atoms with Gasteiger partial charge in [0.2, 0.25) is 6.41 Å². The van der Waals surface area contributed by atoms with Gasteiger partial charge < -0.3 is 10.4 Å². The summed E-state index contributed by atoms with van der Waals surface area (Å²) in [6.45, 7) is 0. The monoisotopic (exact) mass is 227 g/mol. The second-order valence-corrected chi connectivity index (χ2v) is 3.72. The van der Waals surface area contributed by atoms with Gasteiger partial charge >= 0.3 is 0 Å². The highest BCUT2D eigenvalue weighted by Crippen LogP contribution is 2.23. The highest BCUT2D eigenvalue weighted by molar-refractivity contribution is 5.50. The first-order chi connectivity index (χ1) is 8.31. The van der Waals surface area contributed by atoms with E-state index in [0.717, 1.165) is 11.1 Å². The van der Waals surface area contributed by atoms with Crippen LogP contribution in [0, 0.1) is 0 Å². The fourth-order valence-corrected chi connectivity index (χ4v) is 1.77. The summed E-state index contributed by atoms with van der Waals surface area (Å²) in [5.74, 6) is 0.215. The molecule has 0 spiro atoms. The summed E-state index contributed by atoms with van der Waals surface area (Å²) in [7, 11) is 0. The van der Waals surface area contributed by atoms with Crippen molar-refractivity contribution in [1.82, 2.24) is 5.32 Å². The van der Waals surface area contributed by atoms with E-state index in [2.05, 4.69) is 5.32 Å². The first-order valence-electron chi connectivity index (χ1n) is 5.35. The number of phenols is 1. The molecule has 2 N–H and O–H groups in total. The van der Waals surface area contributed by atoms with Crippen LogP contribution in [0.1, 0.15) is 17.2 Å². The third kappa shape index (κ3) is 2.64. The molecule has 0 aliphatic carbocycles. The van der Waals surface area contributed by atoms with E-state index >= 15 is 0 Å². The van der Waals surface area contributed by atoms with E-state index in [0.29, 0.717) is 6.41 Å². The fraction of sp³-hybridized carbons (Fsp3) is 0.0714. The fourth-order valence-electron chi connectivity index (χ4n) is 1.77. The molecular weight excluding hydrogens is 214 g/mol. The summed E-state index contributed by atoms with van der Waals surface area (Å²) in [5, 5.41) is 12.0. The topological polar surface area (TPSA) is 49.3 Å². The van der Waals surface area contributed by atoms with Crippen molar-refractivity contribution in [3.05, 3.63) is 65.7 Å². The lowest BCUT2D eigenvalue weighted by Crippen LogP contribution is -2.20. The van der Waals surface area contributed by atoms with Crippen molar-refractivity contribution >= 4 is 6.41 Å².